The number of carbonyl (C=O) groups excluding carboxylic acids is 1. The monoisotopic (exact) mass is 285 g/mol. The summed E-state index contributed by atoms with van der Waals surface area (Å²) < 4.78 is 4.79. The second kappa shape index (κ2) is 6.35. The normalized spacial score (nSPS) is 11.8. The van der Waals surface area contributed by atoms with E-state index in [4.69, 9.17) is 4.74 Å². The van der Waals surface area contributed by atoms with Gasteiger partial charge in [0.05, 0.1) is 30.1 Å². The Morgan fingerprint density at radius 1 is 1.24 bits per heavy atom. The molecule has 0 aliphatic carbocycles. The lowest BCUT2D eigenvalue weighted by atomic mass is 10.1. The van der Waals surface area contributed by atoms with Gasteiger partial charge in [-0.25, -0.2) is 4.79 Å². The number of hydrogen-bond acceptors (Lipinski definition) is 5. The number of hydrogen-bond donors (Lipinski definition) is 1. The fourth-order valence-electron chi connectivity index (χ4n) is 2.27. The molecule has 0 aliphatic heterocycles. The van der Waals surface area contributed by atoms with Gasteiger partial charge >= 0.3 is 5.97 Å². The van der Waals surface area contributed by atoms with Crippen LogP contribution in [0.4, 0.5) is 5.69 Å². The summed E-state index contributed by atoms with van der Waals surface area (Å²) in [4.78, 5) is 20.3. The number of esters is 1. The van der Waals surface area contributed by atoms with Crippen LogP contribution in [0.5, 0.6) is 0 Å². The first-order valence-electron chi connectivity index (χ1n) is 6.76. The van der Waals surface area contributed by atoms with Crippen molar-refractivity contribution in [3.63, 3.8) is 0 Å². The molecule has 1 aromatic heterocycles. The van der Waals surface area contributed by atoms with E-state index in [0.717, 1.165) is 22.6 Å². The van der Waals surface area contributed by atoms with Gasteiger partial charge in [0.2, 0.25) is 0 Å². The third-order valence-corrected chi connectivity index (χ3v) is 3.44. The number of aromatic nitrogens is 2. The topological polar surface area (TPSA) is 64.1 Å². The van der Waals surface area contributed by atoms with Crippen LogP contribution in [0.2, 0.25) is 0 Å². The highest BCUT2D eigenvalue weighted by Crippen LogP contribution is 2.24. The van der Waals surface area contributed by atoms with E-state index in [1.165, 1.54) is 7.11 Å². The molecule has 0 bridgehead atoms. The summed E-state index contributed by atoms with van der Waals surface area (Å²) in [6.45, 7) is 5.84. The highest BCUT2D eigenvalue weighted by molar-refractivity contribution is 5.92. The Kier molecular flexibility index (Phi) is 4.52. The number of ether oxygens (including phenoxy) is 1. The van der Waals surface area contributed by atoms with Crippen LogP contribution < -0.4 is 5.32 Å². The third kappa shape index (κ3) is 3.18. The van der Waals surface area contributed by atoms with Crippen molar-refractivity contribution in [3.05, 3.63) is 53.1 Å². The van der Waals surface area contributed by atoms with Crippen LogP contribution in [0.1, 0.15) is 40.3 Å². The molecule has 2 aromatic rings. The van der Waals surface area contributed by atoms with Crippen molar-refractivity contribution < 1.29 is 9.53 Å². The number of rotatable bonds is 4. The molecule has 0 amide bonds. The second-order valence-corrected chi connectivity index (χ2v) is 4.86. The highest BCUT2D eigenvalue weighted by Gasteiger charge is 2.15. The van der Waals surface area contributed by atoms with Crippen LogP contribution in [0.15, 0.2) is 30.6 Å². The van der Waals surface area contributed by atoms with E-state index in [-0.39, 0.29) is 12.0 Å². The number of benzene rings is 1. The lowest BCUT2D eigenvalue weighted by molar-refractivity contribution is 0.0600. The van der Waals surface area contributed by atoms with Crippen molar-refractivity contribution in [3.8, 4) is 0 Å². The predicted molar refractivity (Wildman–Crippen MR) is 81.3 cm³/mol. The summed E-state index contributed by atoms with van der Waals surface area (Å²) in [5, 5.41) is 3.38. The van der Waals surface area contributed by atoms with Gasteiger partial charge in [-0.3, -0.25) is 9.97 Å². The van der Waals surface area contributed by atoms with E-state index in [0.29, 0.717) is 5.56 Å². The third-order valence-electron chi connectivity index (χ3n) is 3.44. The zero-order chi connectivity index (χ0) is 15.4. The zero-order valence-corrected chi connectivity index (χ0v) is 12.7. The highest BCUT2D eigenvalue weighted by atomic mass is 16.5. The van der Waals surface area contributed by atoms with Gasteiger partial charge in [-0.1, -0.05) is 6.07 Å². The molecule has 5 heteroatoms. The standard InChI is InChI=1S/C16H19N3O2/c1-10-13(16(20)21-4)6-5-7-14(10)19-12(3)15-11(2)17-8-9-18-15/h5-9,12,19H,1-4H3. The van der Waals surface area contributed by atoms with Crippen LogP contribution in [0.25, 0.3) is 0 Å². The van der Waals surface area contributed by atoms with E-state index in [1.54, 1.807) is 18.5 Å². The van der Waals surface area contributed by atoms with Gasteiger partial charge in [0, 0.05) is 18.1 Å². The average Bonchev–Trinajstić information content (AvgIpc) is 2.49. The van der Waals surface area contributed by atoms with E-state index in [9.17, 15) is 4.79 Å². The van der Waals surface area contributed by atoms with Crippen molar-refractivity contribution in [2.45, 2.75) is 26.8 Å². The van der Waals surface area contributed by atoms with Gasteiger partial charge in [-0.05, 0) is 38.5 Å². The number of nitrogens with one attached hydrogen (secondary N) is 1. The lowest BCUT2D eigenvalue weighted by Crippen LogP contribution is -2.13. The van der Waals surface area contributed by atoms with Gasteiger partial charge in [-0.15, -0.1) is 0 Å². The maximum Gasteiger partial charge on any atom is 0.338 e. The molecule has 0 aliphatic rings. The minimum Gasteiger partial charge on any atom is -0.465 e. The first kappa shape index (κ1) is 15.0. The molecule has 5 nitrogen and oxygen atoms in total. The van der Waals surface area contributed by atoms with E-state index < -0.39 is 0 Å². The number of nitrogens with zero attached hydrogens (tertiary/aromatic N) is 2. The SMILES string of the molecule is COC(=O)c1cccc(NC(C)c2nccnc2C)c1C. The van der Waals surface area contributed by atoms with Crippen LogP contribution in [0.3, 0.4) is 0 Å². The Labute approximate surface area is 124 Å². The number of aryl methyl sites for hydroxylation is 1. The molecule has 110 valence electrons. The Bertz CT molecular complexity index is 656. The largest absolute Gasteiger partial charge is 0.465 e. The Morgan fingerprint density at radius 3 is 2.62 bits per heavy atom. The molecule has 1 aromatic carbocycles. The van der Waals surface area contributed by atoms with Gasteiger partial charge < -0.3 is 10.1 Å². The zero-order valence-electron chi connectivity index (χ0n) is 12.7. The Morgan fingerprint density at radius 2 is 1.95 bits per heavy atom. The summed E-state index contributed by atoms with van der Waals surface area (Å²) in [5.74, 6) is -0.334. The maximum atomic E-state index is 11.7. The molecule has 0 saturated carbocycles. The summed E-state index contributed by atoms with van der Waals surface area (Å²) in [6, 6.07) is 5.51. The van der Waals surface area contributed by atoms with Crippen molar-refractivity contribution in [2.75, 3.05) is 12.4 Å². The van der Waals surface area contributed by atoms with E-state index >= 15 is 0 Å². The van der Waals surface area contributed by atoms with Gasteiger partial charge in [0.1, 0.15) is 0 Å². The minimum absolute atomic E-state index is 0.00898. The first-order chi connectivity index (χ1) is 10.0. The maximum absolute atomic E-state index is 11.7. The molecule has 1 unspecified atom stereocenters. The van der Waals surface area contributed by atoms with Crippen LogP contribution in [-0.4, -0.2) is 23.0 Å². The number of carbonyl (C=O) groups is 1. The fourth-order valence-corrected chi connectivity index (χ4v) is 2.27. The fraction of sp³-hybridized carbons (Fsp3) is 0.312. The van der Waals surface area contributed by atoms with Crippen molar-refractivity contribution in [1.29, 1.82) is 0 Å². The molecule has 0 fully saturated rings. The van der Waals surface area contributed by atoms with Crippen molar-refractivity contribution in [2.24, 2.45) is 0 Å². The first-order valence-corrected chi connectivity index (χ1v) is 6.76. The molecule has 0 spiro atoms. The summed E-state index contributed by atoms with van der Waals surface area (Å²) in [5.41, 5.74) is 4.08. The summed E-state index contributed by atoms with van der Waals surface area (Å²) in [6.07, 6.45) is 3.35. The smallest absolute Gasteiger partial charge is 0.338 e. The molecule has 1 atom stereocenters. The van der Waals surface area contributed by atoms with Gasteiger partial charge in [-0.2, -0.15) is 0 Å². The molecule has 2 rings (SSSR count). The van der Waals surface area contributed by atoms with Crippen molar-refractivity contribution in [1.82, 2.24) is 9.97 Å². The molecule has 0 saturated heterocycles. The van der Waals surface area contributed by atoms with Crippen LogP contribution >= 0.6 is 0 Å². The quantitative estimate of drug-likeness (QED) is 0.875. The second-order valence-electron chi connectivity index (χ2n) is 4.86. The molecule has 1 heterocycles. The Balaban J connectivity index is 2.28. The van der Waals surface area contributed by atoms with Crippen LogP contribution in [0, 0.1) is 13.8 Å². The minimum atomic E-state index is -0.334. The average molecular weight is 285 g/mol. The molecule has 0 radical (unpaired) electrons. The van der Waals surface area contributed by atoms with E-state index in [2.05, 4.69) is 15.3 Å². The van der Waals surface area contributed by atoms with Crippen molar-refractivity contribution >= 4 is 11.7 Å². The number of methoxy groups -OCH3 is 1. The van der Waals surface area contributed by atoms with E-state index in [1.807, 2.05) is 32.9 Å². The van der Waals surface area contributed by atoms with Gasteiger partial charge in [0.25, 0.3) is 0 Å². The van der Waals surface area contributed by atoms with Crippen LogP contribution in [-0.2, 0) is 4.74 Å². The molecular weight excluding hydrogens is 266 g/mol. The molecule has 1 N–H and O–H groups in total. The number of anilines is 1. The lowest BCUT2D eigenvalue weighted by Gasteiger charge is -2.18. The molecule has 21 heavy (non-hydrogen) atoms. The predicted octanol–water partition coefficient (Wildman–Crippen LogP) is 3.05. The summed E-state index contributed by atoms with van der Waals surface area (Å²) >= 11 is 0. The van der Waals surface area contributed by atoms with Gasteiger partial charge in [0.15, 0.2) is 0 Å². The molecular formula is C16H19N3O2. The summed E-state index contributed by atoms with van der Waals surface area (Å²) in [7, 11) is 1.38. The Hall–Kier alpha value is -2.43.